The number of aryl methyl sites for hydroxylation is 3. The van der Waals surface area contributed by atoms with Crippen LogP contribution < -0.4 is 0 Å². The number of hydrogen-bond donors (Lipinski definition) is 0. The molecule has 4 aromatic heterocycles. The lowest BCUT2D eigenvalue weighted by molar-refractivity contribution is -0.143. The highest BCUT2D eigenvalue weighted by molar-refractivity contribution is 6.05. The van der Waals surface area contributed by atoms with E-state index in [0.29, 0.717) is 41.0 Å². The maximum absolute atomic E-state index is 13.4. The molecule has 0 aliphatic carbocycles. The Kier molecular flexibility index (Phi) is 4.59. The third-order valence-electron chi connectivity index (χ3n) is 6.18. The monoisotopic (exact) mass is 458 g/mol. The Bertz CT molecular complexity index is 1400. The van der Waals surface area contributed by atoms with E-state index in [1.165, 1.54) is 7.05 Å². The molecule has 1 unspecified atom stereocenters. The Morgan fingerprint density at radius 2 is 1.88 bits per heavy atom. The number of nitrogens with zero attached hydrogens (tertiary/aromatic N) is 8. The molecule has 1 amide bonds. The minimum atomic E-state index is -4.50. The summed E-state index contributed by atoms with van der Waals surface area (Å²) in [7, 11) is 4.71. The molecule has 0 saturated carbocycles. The first-order valence-electron chi connectivity index (χ1n) is 10.3. The first kappa shape index (κ1) is 21.2. The summed E-state index contributed by atoms with van der Waals surface area (Å²) >= 11 is 0. The van der Waals surface area contributed by atoms with E-state index >= 15 is 0 Å². The van der Waals surface area contributed by atoms with E-state index in [4.69, 9.17) is 0 Å². The summed E-state index contributed by atoms with van der Waals surface area (Å²) in [6, 6.07) is 2.34. The van der Waals surface area contributed by atoms with Crippen LogP contribution in [0.4, 0.5) is 13.2 Å². The Morgan fingerprint density at radius 3 is 2.58 bits per heavy atom. The van der Waals surface area contributed by atoms with Gasteiger partial charge in [-0.25, -0.2) is 4.98 Å². The smallest absolute Gasteiger partial charge is 0.330 e. The van der Waals surface area contributed by atoms with Crippen molar-refractivity contribution in [1.29, 1.82) is 0 Å². The summed E-state index contributed by atoms with van der Waals surface area (Å²) in [6.45, 7) is 2.27. The summed E-state index contributed by atoms with van der Waals surface area (Å²) in [5.41, 5.74) is 2.49. The first-order valence-corrected chi connectivity index (χ1v) is 10.3. The normalized spacial score (nSPS) is 16.5. The van der Waals surface area contributed by atoms with Gasteiger partial charge in [-0.05, 0) is 25.5 Å². The number of rotatable bonds is 2. The Balaban J connectivity index is 1.52. The zero-order valence-electron chi connectivity index (χ0n) is 18.4. The van der Waals surface area contributed by atoms with Crippen molar-refractivity contribution in [2.75, 3.05) is 6.54 Å². The van der Waals surface area contributed by atoms with Crippen molar-refractivity contribution in [3.05, 3.63) is 47.0 Å². The van der Waals surface area contributed by atoms with Crippen LogP contribution in [0.1, 0.15) is 40.3 Å². The molecule has 0 aromatic carbocycles. The SMILES string of the molecule is CC1c2nn(C)c(-c3cc(C(F)(F)F)n(C)n3)c2CCN1C(=O)c1ccnc2c1cnn2C. The Morgan fingerprint density at radius 1 is 1.12 bits per heavy atom. The number of fused-ring (bicyclic) bond motifs is 2. The second-order valence-corrected chi connectivity index (χ2v) is 8.16. The van der Waals surface area contributed by atoms with Crippen LogP contribution in [0.2, 0.25) is 0 Å². The highest BCUT2D eigenvalue weighted by Gasteiger charge is 2.38. The van der Waals surface area contributed by atoms with E-state index in [9.17, 15) is 18.0 Å². The van der Waals surface area contributed by atoms with Crippen molar-refractivity contribution < 1.29 is 18.0 Å². The largest absolute Gasteiger partial charge is 0.433 e. The van der Waals surface area contributed by atoms with Crippen LogP contribution in [-0.2, 0) is 33.7 Å². The van der Waals surface area contributed by atoms with Crippen molar-refractivity contribution >= 4 is 16.9 Å². The zero-order chi connectivity index (χ0) is 23.7. The van der Waals surface area contributed by atoms with Crippen molar-refractivity contribution in [3.63, 3.8) is 0 Å². The van der Waals surface area contributed by atoms with Gasteiger partial charge in [-0.2, -0.15) is 28.5 Å². The maximum Gasteiger partial charge on any atom is 0.433 e. The minimum Gasteiger partial charge on any atom is -0.330 e. The second kappa shape index (κ2) is 7.15. The van der Waals surface area contributed by atoms with Crippen LogP contribution in [0.25, 0.3) is 22.4 Å². The first-order chi connectivity index (χ1) is 15.6. The fourth-order valence-corrected chi connectivity index (χ4v) is 4.58. The van der Waals surface area contributed by atoms with Gasteiger partial charge < -0.3 is 4.90 Å². The van der Waals surface area contributed by atoms with E-state index in [-0.39, 0.29) is 17.6 Å². The molecular formula is C21H21F3N8O. The van der Waals surface area contributed by atoms with Crippen LogP contribution in [0.5, 0.6) is 0 Å². The molecular weight excluding hydrogens is 437 g/mol. The molecule has 4 aromatic rings. The summed E-state index contributed by atoms with van der Waals surface area (Å²) in [5, 5.41) is 13.5. The molecule has 0 spiro atoms. The number of alkyl halides is 3. The summed E-state index contributed by atoms with van der Waals surface area (Å²) in [4.78, 5) is 19.5. The molecule has 0 fully saturated rings. The molecule has 0 N–H and O–H groups in total. The molecule has 1 aliphatic heterocycles. The fourth-order valence-electron chi connectivity index (χ4n) is 4.58. The number of carbonyl (C=O) groups excluding carboxylic acids is 1. The second-order valence-electron chi connectivity index (χ2n) is 8.16. The zero-order valence-corrected chi connectivity index (χ0v) is 18.4. The quantitative estimate of drug-likeness (QED) is 0.461. The molecule has 0 radical (unpaired) electrons. The number of halogens is 3. The highest BCUT2D eigenvalue weighted by atomic mass is 19.4. The number of amides is 1. The fraction of sp³-hybridized carbons (Fsp3) is 0.381. The predicted molar refractivity (Wildman–Crippen MR) is 112 cm³/mol. The molecule has 12 heteroatoms. The summed E-state index contributed by atoms with van der Waals surface area (Å²) < 4.78 is 43.8. The summed E-state index contributed by atoms with van der Waals surface area (Å²) in [6.07, 6.45) is -0.853. The van der Waals surface area contributed by atoms with Crippen molar-refractivity contribution in [2.24, 2.45) is 21.1 Å². The van der Waals surface area contributed by atoms with Crippen LogP contribution in [0.3, 0.4) is 0 Å². The third kappa shape index (κ3) is 3.19. The number of carbonyl (C=O) groups is 1. The number of pyridine rings is 1. The predicted octanol–water partition coefficient (Wildman–Crippen LogP) is 2.88. The van der Waals surface area contributed by atoms with Crippen molar-refractivity contribution in [1.82, 2.24) is 39.2 Å². The number of hydrogen-bond acceptors (Lipinski definition) is 5. The van der Waals surface area contributed by atoms with Gasteiger partial charge in [0.05, 0.1) is 34.6 Å². The van der Waals surface area contributed by atoms with Crippen molar-refractivity contribution in [3.8, 4) is 11.4 Å². The van der Waals surface area contributed by atoms with Crippen molar-refractivity contribution in [2.45, 2.75) is 25.6 Å². The van der Waals surface area contributed by atoms with E-state index in [0.717, 1.165) is 16.3 Å². The van der Waals surface area contributed by atoms with Crippen LogP contribution >= 0.6 is 0 Å². The van der Waals surface area contributed by atoms with Crippen LogP contribution in [0, 0.1) is 0 Å². The van der Waals surface area contributed by atoms with E-state index in [1.54, 1.807) is 46.8 Å². The van der Waals surface area contributed by atoms with Crippen LogP contribution in [-0.4, -0.2) is 51.7 Å². The van der Waals surface area contributed by atoms with E-state index in [2.05, 4.69) is 20.3 Å². The lowest BCUT2D eigenvalue weighted by atomic mass is 9.96. The standard InChI is InChI=1S/C21H21F3N8O/c1-11-17-13(18(30(3)28-17)15-9-16(21(22,23)24)29(2)27-15)6-8-32(11)20(33)12-5-7-25-19-14(12)10-26-31(19)4/h5,7,9-11H,6,8H2,1-4H3. The van der Waals surface area contributed by atoms with Gasteiger partial charge in [0, 0.05) is 39.4 Å². The molecule has 33 heavy (non-hydrogen) atoms. The lowest BCUT2D eigenvalue weighted by Gasteiger charge is -2.33. The molecule has 9 nitrogen and oxygen atoms in total. The molecule has 5 rings (SSSR count). The average Bonchev–Trinajstić information content (AvgIpc) is 3.42. The van der Waals surface area contributed by atoms with E-state index in [1.807, 2.05) is 6.92 Å². The molecule has 1 aliphatic rings. The average molecular weight is 458 g/mol. The van der Waals surface area contributed by atoms with Gasteiger partial charge in [-0.1, -0.05) is 0 Å². The van der Waals surface area contributed by atoms with Gasteiger partial charge in [0.1, 0.15) is 11.4 Å². The van der Waals surface area contributed by atoms with Gasteiger partial charge in [0.25, 0.3) is 5.91 Å². The van der Waals surface area contributed by atoms with E-state index < -0.39 is 11.9 Å². The molecule has 0 saturated heterocycles. The topological polar surface area (TPSA) is 86.7 Å². The highest BCUT2D eigenvalue weighted by Crippen LogP contribution is 2.38. The molecule has 1 atom stereocenters. The molecule has 0 bridgehead atoms. The summed E-state index contributed by atoms with van der Waals surface area (Å²) in [5.74, 6) is -0.169. The van der Waals surface area contributed by atoms with Gasteiger partial charge in [0.15, 0.2) is 5.65 Å². The van der Waals surface area contributed by atoms with Crippen LogP contribution in [0.15, 0.2) is 24.5 Å². The molecule has 5 heterocycles. The van der Waals surface area contributed by atoms with Gasteiger partial charge in [0.2, 0.25) is 0 Å². The van der Waals surface area contributed by atoms with Gasteiger partial charge in [-0.15, -0.1) is 0 Å². The third-order valence-corrected chi connectivity index (χ3v) is 6.18. The van der Waals surface area contributed by atoms with Gasteiger partial charge >= 0.3 is 6.18 Å². The maximum atomic E-state index is 13.4. The Hall–Kier alpha value is -3.70. The molecule has 172 valence electrons. The minimum absolute atomic E-state index is 0.169. The van der Waals surface area contributed by atoms with Gasteiger partial charge in [-0.3, -0.25) is 18.8 Å². The Labute approximate surface area is 186 Å². The lowest BCUT2D eigenvalue weighted by Crippen LogP contribution is -2.39. The number of aromatic nitrogens is 7.